The minimum atomic E-state index is -4.49. The van der Waals surface area contributed by atoms with Crippen LogP contribution in [0.1, 0.15) is 19.8 Å². The van der Waals surface area contributed by atoms with E-state index in [1.807, 2.05) is 0 Å². The molecule has 0 aromatic heterocycles. The summed E-state index contributed by atoms with van der Waals surface area (Å²) in [6.07, 6.45) is -5.26. The predicted octanol–water partition coefficient (Wildman–Crippen LogP) is 2.45. The highest BCUT2D eigenvalue weighted by Crippen LogP contribution is 2.26. The van der Waals surface area contributed by atoms with Gasteiger partial charge in [-0.1, -0.05) is 6.08 Å². The van der Waals surface area contributed by atoms with Crippen molar-refractivity contribution in [1.82, 2.24) is 0 Å². The van der Waals surface area contributed by atoms with Gasteiger partial charge >= 0.3 is 12.1 Å². The van der Waals surface area contributed by atoms with Gasteiger partial charge in [-0.15, -0.1) is 6.58 Å². The fourth-order valence-corrected chi connectivity index (χ4v) is 0.759. The molecule has 0 bridgehead atoms. The van der Waals surface area contributed by atoms with Crippen LogP contribution in [0.15, 0.2) is 12.7 Å². The molecular weight excluding hydrogens is 185 g/mol. The lowest BCUT2D eigenvalue weighted by molar-refractivity contribution is -0.221. The van der Waals surface area contributed by atoms with Gasteiger partial charge in [0.1, 0.15) is 0 Å². The molecule has 13 heavy (non-hydrogen) atoms. The van der Waals surface area contributed by atoms with Gasteiger partial charge in [-0.05, 0) is 12.8 Å². The Morgan fingerprint density at radius 3 is 2.46 bits per heavy atom. The number of rotatable bonds is 4. The summed E-state index contributed by atoms with van der Waals surface area (Å²) in [5.41, 5.74) is 0. The highest BCUT2D eigenvalue weighted by molar-refractivity contribution is 5.66. The molecule has 5 heteroatoms. The Hall–Kier alpha value is -1.00. The molecular formula is C8H11F3O2. The highest BCUT2D eigenvalue weighted by atomic mass is 19.4. The number of halogens is 3. The first-order chi connectivity index (χ1) is 5.88. The summed E-state index contributed by atoms with van der Waals surface area (Å²) in [5.74, 6) is -0.925. The van der Waals surface area contributed by atoms with Crippen LogP contribution >= 0.6 is 0 Å². The zero-order valence-electron chi connectivity index (χ0n) is 7.23. The second kappa shape index (κ2) is 4.89. The van der Waals surface area contributed by atoms with Gasteiger partial charge in [-0.3, -0.25) is 4.79 Å². The molecule has 1 unspecified atom stereocenters. The molecule has 2 nitrogen and oxygen atoms in total. The average Bonchev–Trinajstić information content (AvgIpc) is 1.95. The number of alkyl halides is 3. The summed E-state index contributed by atoms with van der Waals surface area (Å²) in [4.78, 5) is 10.3. The average molecular weight is 196 g/mol. The Balaban J connectivity index is 4.19. The van der Waals surface area contributed by atoms with Gasteiger partial charge in [0.25, 0.3) is 0 Å². The molecule has 0 rings (SSSR count). The summed E-state index contributed by atoms with van der Waals surface area (Å²) in [7, 11) is 0. The second-order valence-corrected chi connectivity index (χ2v) is 2.51. The van der Waals surface area contributed by atoms with Gasteiger partial charge < -0.3 is 4.74 Å². The van der Waals surface area contributed by atoms with Crippen molar-refractivity contribution >= 4 is 5.97 Å². The van der Waals surface area contributed by atoms with Crippen molar-refractivity contribution in [3.05, 3.63) is 12.7 Å². The summed E-state index contributed by atoms with van der Waals surface area (Å²) < 4.78 is 40.4. The Kier molecular flexibility index (Phi) is 4.51. The Morgan fingerprint density at radius 2 is 2.15 bits per heavy atom. The van der Waals surface area contributed by atoms with E-state index in [0.717, 1.165) is 6.92 Å². The lowest BCUT2D eigenvalue weighted by Gasteiger charge is -2.18. The van der Waals surface area contributed by atoms with Crippen LogP contribution in [0.2, 0.25) is 0 Å². The third-order valence-electron chi connectivity index (χ3n) is 1.31. The van der Waals surface area contributed by atoms with Crippen molar-refractivity contribution in [1.29, 1.82) is 0 Å². The molecule has 0 amide bonds. The fourth-order valence-electron chi connectivity index (χ4n) is 0.759. The minimum Gasteiger partial charge on any atom is -0.453 e. The predicted molar refractivity (Wildman–Crippen MR) is 41.0 cm³/mol. The Bertz CT molecular complexity index is 186. The lowest BCUT2D eigenvalue weighted by Crippen LogP contribution is -2.33. The van der Waals surface area contributed by atoms with Crippen molar-refractivity contribution in [3.8, 4) is 0 Å². The zero-order chi connectivity index (χ0) is 10.5. The smallest absolute Gasteiger partial charge is 0.425 e. The van der Waals surface area contributed by atoms with Gasteiger partial charge in [-0.25, -0.2) is 0 Å². The van der Waals surface area contributed by atoms with Gasteiger partial charge in [0.2, 0.25) is 0 Å². The maximum atomic E-state index is 12.1. The summed E-state index contributed by atoms with van der Waals surface area (Å²) in [5, 5.41) is 0. The molecule has 0 aromatic rings. The van der Waals surface area contributed by atoms with Crippen molar-refractivity contribution in [2.75, 3.05) is 0 Å². The fraction of sp³-hybridized carbons (Fsp3) is 0.625. The molecule has 0 saturated carbocycles. The number of hydrogen-bond donors (Lipinski definition) is 0. The maximum Gasteiger partial charge on any atom is 0.425 e. The van der Waals surface area contributed by atoms with E-state index in [4.69, 9.17) is 0 Å². The normalized spacial score (nSPS) is 13.5. The van der Waals surface area contributed by atoms with Gasteiger partial charge in [0.05, 0.1) is 0 Å². The molecule has 0 aliphatic rings. The SMILES string of the molecule is C=CCCC(OC(C)=O)C(F)(F)F. The van der Waals surface area contributed by atoms with Gasteiger partial charge in [0, 0.05) is 6.92 Å². The first-order valence-corrected chi connectivity index (χ1v) is 3.72. The van der Waals surface area contributed by atoms with E-state index in [-0.39, 0.29) is 12.8 Å². The van der Waals surface area contributed by atoms with E-state index in [1.165, 1.54) is 6.08 Å². The molecule has 0 aromatic carbocycles. The van der Waals surface area contributed by atoms with Crippen LogP contribution in [0.3, 0.4) is 0 Å². The molecule has 0 spiro atoms. The number of esters is 1. The molecule has 0 N–H and O–H groups in total. The number of carbonyl (C=O) groups excluding carboxylic acids is 1. The molecule has 0 heterocycles. The molecule has 0 radical (unpaired) electrons. The monoisotopic (exact) mass is 196 g/mol. The van der Waals surface area contributed by atoms with E-state index in [0.29, 0.717) is 0 Å². The lowest BCUT2D eigenvalue weighted by atomic mass is 10.2. The van der Waals surface area contributed by atoms with E-state index in [1.54, 1.807) is 0 Å². The van der Waals surface area contributed by atoms with E-state index in [2.05, 4.69) is 11.3 Å². The standard InChI is InChI=1S/C8H11F3O2/c1-3-4-5-7(8(9,10)11)13-6(2)12/h3,7H,1,4-5H2,2H3. The maximum absolute atomic E-state index is 12.1. The second-order valence-electron chi connectivity index (χ2n) is 2.51. The molecule has 0 aliphatic heterocycles. The van der Waals surface area contributed by atoms with Gasteiger partial charge in [0.15, 0.2) is 6.10 Å². The number of allylic oxidation sites excluding steroid dienone is 1. The van der Waals surface area contributed by atoms with Crippen molar-refractivity contribution in [3.63, 3.8) is 0 Å². The van der Waals surface area contributed by atoms with Crippen LogP contribution in [0.4, 0.5) is 13.2 Å². The van der Waals surface area contributed by atoms with Crippen LogP contribution in [-0.2, 0) is 9.53 Å². The molecule has 1 atom stereocenters. The quantitative estimate of drug-likeness (QED) is 0.510. The molecule has 0 fully saturated rings. The zero-order valence-corrected chi connectivity index (χ0v) is 7.23. The van der Waals surface area contributed by atoms with Crippen LogP contribution in [0.5, 0.6) is 0 Å². The summed E-state index contributed by atoms with van der Waals surface area (Å²) in [6.45, 7) is 4.24. The topological polar surface area (TPSA) is 26.3 Å². The van der Waals surface area contributed by atoms with E-state index < -0.39 is 18.2 Å². The third kappa shape index (κ3) is 5.27. The third-order valence-corrected chi connectivity index (χ3v) is 1.31. The summed E-state index contributed by atoms with van der Waals surface area (Å²) in [6, 6.07) is 0. The first kappa shape index (κ1) is 12.0. The van der Waals surface area contributed by atoms with Crippen molar-refractivity contribution in [2.24, 2.45) is 0 Å². The first-order valence-electron chi connectivity index (χ1n) is 3.72. The molecule has 0 saturated heterocycles. The van der Waals surface area contributed by atoms with E-state index in [9.17, 15) is 18.0 Å². The number of hydrogen-bond acceptors (Lipinski definition) is 2. The van der Waals surface area contributed by atoms with E-state index >= 15 is 0 Å². The van der Waals surface area contributed by atoms with Crippen LogP contribution in [0.25, 0.3) is 0 Å². The highest BCUT2D eigenvalue weighted by Gasteiger charge is 2.41. The Morgan fingerprint density at radius 1 is 1.62 bits per heavy atom. The van der Waals surface area contributed by atoms with Gasteiger partial charge in [-0.2, -0.15) is 13.2 Å². The molecule has 76 valence electrons. The van der Waals surface area contributed by atoms with Crippen molar-refractivity contribution < 1.29 is 22.7 Å². The number of ether oxygens (including phenoxy) is 1. The van der Waals surface area contributed by atoms with Crippen LogP contribution in [-0.4, -0.2) is 18.2 Å². The van der Waals surface area contributed by atoms with Crippen molar-refractivity contribution in [2.45, 2.75) is 32.0 Å². The van der Waals surface area contributed by atoms with Crippen LogP contribution in [0, 0.1) is 0 Å². The Labute approximate surface area is 74.4 Å². The number of carbonyl (C=O) groups is 1. The molecule has 0 aliphatic carbocycles. The summed E-state index contributed by atoms with van der Waals surface area (Å²) >= 11 is 0. The minimum absolute atomic E-state index is 0.164. The largest absolute Gasteiger partial charge is 0.453 e. The van der Waals surface area contributed by atoms with Crippen LogP contribution < -0.4 is 0 Å².